The minimum atomic E-state index is -0.145. The topological polar surface area (TPSA) is 90.7 Å². The van der Waals surface area contributed by atoms with Crippen LogP contribution < -0.4 is 14.8 Å². The maximum absolute atomic E-state index is 12.7. The summed E-state index contributed by atoms with van der Waals surface area (Å²) in [5.41, 5.74) is 3.50. The molecule has 0 spiro atoms. The first-order valence-corrected chi connectivity index (χ1v) is 11.1. The van der Waals surface area contributed by atoms with Gasteiger partial charge < -0.3 is 19.7 Å². The van der Waals surface area contributed by atoms with Gasteiger partial charge in [-0.25, -0.2) is 9.78 Å². The number of methoxy groups -OCH3 is 1. The fraction of sp³-hybridized carbons (Fsp3) is 0.269. The highest BCUT2D eigenvalue weighted by atomic mass is 16.5. The smallest absolute Gasteiger partial charge is 0.321 e. The van der Waals surface area contributed by atoms with Gasteiger partial charge in [-0.3, -0.25) is 4.90 Å². The van der Waals surface area contributed by atoms with Crippen LogP contribution >= 0.6 is 0 Å². The SMILES string of the molecule is COc1cc(C)ccc1Oc1ccc(NC(=O)N2CCN(Cc3ccc(C#N)cc3)CC2)cn1. The molecular formula is C26H27N5O3. The number of urea groups is 1. The molecule has 1 aliphatic heterocycles. The number of amides is 2. The lowest BCUT2D eigenvalue weighted by Crippen LogP contribution is -2.49. The lowest BCUT2D eigenvalue weighted by Gasteiger charge is -2.34. The monoisotopic (exact) mass is 457 g/mol. The van der Waals surface area contributed by atoms with Gasteiger partial charge in [0.05, 0.1) is 30.6 Å². The predicted octanol–water partition coefficient (Wildman–Crippen LogP) is 4.41. The molecule has 0 atom stereocenters. The second kappa shape index (κ2) is 10.7. The van der Waals surface area contributed by atoms with E-state index in [0.717, 1.165) is 30.8 Å². The maximum atomic E-state index is 12.7. The number of aryl methyl sites for hydroxylation is 1. The van der Waals surface area contributed by atoms with Crippen LogP contribution in [-0.4, -0.2) is 54.1 Å². The van der Waals surface area contributed by atoms with Gasteiger partial charge in [-0.15, -0.1) is 0 Å². The Kier molecular flexibility index (Phi) is 7.25. The predicted molar refractivity (Wildman–Crippen MR) is 129 cm³/mol. The van der Waals surface area contributed by atoms with Crippen molar-refractivity contribution in [1.29, 1.82) is 5.26 Å². The van der Waals surface area contributed by atoms with Crippen LogP contribution in [0.15, 0.2) is 60.8 Å². The Morgan fingerprint density at radius 2 is 1.82 bits per heavy atom. The largest absolute Gasteiger partial charge is 0.493 e. The first kappa shape index (κ1) is 23.1. The minimum absolute atomic E-state index is 0.145. The van der Waals surface area contributed by atoms with E-state index < -0.39 is 0 Å². The van der Waals surface area contributed by atoms with Gasteiger partial charge in [0, 0.05) is 38.8 Å². The van der Waals surface area contributed by atoms with Crippen molar-refractivity contribution < 1.29 is 14.3 Å². The number of pyridine rings is 1. The van der Waals surface area contributed by atoms with Gasteiger partial charge in [0.1, 0.15) is 0 Å². The number of piperazine rings is 1. The molecule has 4 rings (SSSR count). The third-order valence-corrected chi connectivity index (χ3v) is 5.67. The first-order chi connectivity index (χ1) is 16.5. The molecule has 1 aromatic heterocycles. The number of benzene rings is 2. The molecule has 1 fully saturated rings. The number of nitriles is 1. The molecule has 1 aliphatic rings. The fourth-order valence-electron chi connectivity index (χ4n) is 3.74. The summed E-state index contributed by atoms with van der Waals surface area (Å²) < 4.78 is 11.2. The van der Waals surface area contributed by atoms with E-state index in [9.17, 15) is 4.79 Å². The third-order valence-electron chi connectivity index (χ3n) is 5.67. The third kappa shape index (κ3) is 5.82. The molecule has 1 N–H and O–H groups in total. The van der Waals surface area contributed by atoms with Crippen molar-refractivity contribution in [2.45, 2.75) is 13.5 Å². The zero-order valence-electron chi connectivity index (χ0n) is 19.3. The van der Waals surface area contributed by atoms with Gasteiger partial charge in [-0.2, -0.15) is 5.26 Å². The zero-order valence-corrected chi connectivity index (χ0v) is 19.3. The van der Waals surface area contributed by atoms with Gasteiger partial charge in [-0.05, 0) is 48.4 Å². The average molecular weight is 458 g/mol. The molecule has 0 bridgehead atoms. The molecule has 0 radical (unpaired) electrons. The molecule has 3 aromatic rings. The van der Waals surface area contributed by atoms with Crippen LogP contribution in [0.25, 0.3) is 0 Å². The summed E-state index contributed by atoms with van der Waals surface area (Å²) >= 11 is 0. The highest BCUT2D eigenvalue weighted by Crippen LogP contribution is 2.31. The second-order valence-electron chi connectivity index (χ2n) is 8.14. The van der Waals surface area contributed by atoms with Crippen LogP contribution in [0.1, 0.15) is 16.7 Å². The van der Waals surface area contributed by atoms with Crippen molar-refractivity contribution in [2.75, 3.05) is 38.6 Å². The molecule has 0 aliphatic carbocycles. The minimum Gasteiger partial charge on any atom is -0.493 e. The maximum Gasteiger partial charge on any atom is 0.321 e. The van der Waals surface area contributed by atoms with Gasteiger partial charge in [0.2, 0.25) is 5.88 Å². The number of carbonyl (C=O) groups is 1. The van der Waals surface area contributed by atoms with E-state index in [4.69, 9.17) is 14.7 Å². The van der Waals surface area contributed by atoms with E-state index >= 15 is 0 Å². The number of nitrogens with zero attached hydrogens (tertiary/aromatic N) is 4. The summed E-state index contributed by atoms with van der Waals surface area (Å²) in [5, 5.41) is 11.8. The van der Waals surface area contributed by atoms with Crippen molar-refractivity contribution in [2.24, 2.45) is 0 Å². The quantitative estimate of drug-likeness (QED) is 0.590. The molecule has 8 nitrogen and oxygen atoms in total. The number of anilines is 1. The number of hydrogen-bond acceptors (Lipinski definition) is 6. The Morgan fingerprint density at radius 3 is 2.47 bits per heavy atom. The van der Waals surface area contributed by atoms with Crippen LogP contribution in [0.3, 0.4) is 0 Å². The van der Waals surface area contributed by atoms with Crippen molar-refractivity contribution in [3.05, 3.63) is 77.5 Å². The van der Waals surface area contributed by atoms with Gasteiger partial charge in [-0.1, -0.05) is 18.2 Å². The van der Waals surface area contributed by atoms with E-state index in [1.807, 2.05) is 49.4 Å². The lowest BCUT2D eigenvalue weighted by molar-refractivity contribution is 0.143. The van der Waals surface area contributed by atoms with Crippen molar-refractivity contribution >= 4 is 11.7 Å². The highest BCUT2D eigenvalue weighted by molar-refractivity contribution is 5.89. The summed E-state index contributed by atoms with van der Waals surface area (Å²) in [6.45, 7) is 5.65. The second-order valence-corrected chi connectivity index (χ2v) is 8.14. The fourth-order valence-corrected chi connectivity index (χ4v) is 3.74. The molecule has 1 saturated heterocycles. The summed E-state index contributed by atoms with van der Waals surface area (Å²) in [4.78, 5) is 21.1. The van der Waals surface area contributed by atoms with Gasteiger partial charge >= 0.3 is 6.03 Å². The molecule has 2 amide bonds. The molecule has 2 heterocycles. The molecule has 2 aromatic carbocycles. The molecule has 0 unspecified atom stereocenters. The Morgan fingerprint density at radius 1 is 1.06 bits per heavy atom. The number of nitrogens with one attached hydrogen (secondary N) is 1. The Balaban J connectivity index is 1.26. The number of aromatic nitrogens is 1. The highest BCUT2D eigenvalue weighted by Gasteiger charge is 2.21. The summed E-state index contributed by atoms with van der Waals surface area (Å²) in [7, 11) is 1.60. The number of ether oxygens (including phenoxy) is 2. The number of hydrogen-bond donors (Lipinski definition) is 1. The molecule has 8 heteroatoms. The van der Waals surface area contributed by atoms with Gasteiger partial charge in [0.25, 0.3) is 0 Å². The molecular weight excluding hydrogens is 430 g/mol. The van der Waals surface area contributed by atoms with Crippen LogP contribution in [0.4, 0.5) is 10.5 Å². The summed E-state index contributed by atoms with van der Waals surface area (Å²) in [6.07, 6.45) is 1.58. The molecule has 174 valence electrons. The van der Waals surface area contributed by atoms with Crippen LogP contribution in [0.5, 0.6) is 17.4 Å². The van der Waals surface area contributed by atoms with E-state index in [1.54, 1.807) is 30.3 Å². The summed E-state index contributed by atoms with van der Waals surface area (Å²) in [6, 6.07) is 18.8. The Hall–Kier alpha value is -4.09. The molecule has 0 saturated carbocycles. The summed E-state index contributed by atoms with van der Waals surface area (Å²) in [5.74, 6) is 1.63. The van der Waals surface area contributed by atoms with E-state index in [2.05, 4.69) is 21.3 Å². The van der Waals surface area contributed by atoms with Crippen molar-refractivity contribution in [3.63, 3.8) is 0 Å². The Bertz CT molecular complexity index is 1160. The van der Waals surface area contributed by atoms with Crippen molar-refractivity contribution in [1.82, 2.24) is 14.8 Å². The first-order valence-electron chi connectivity index (χ1n) is 11.1. The van der Waals surface area contributed by atoms with Gasteiger partial charge in [0.15, 0.2) is 11.5 Å². The van der Waals surface area contributed by atoms with Crippen LogP contribution in [0.2, 0.25) is 0 Å². The van der Waals surface area contributed by atoms with Crippen LogP contribution in [0, 0.1) is 18.3 Å². The van der Waals surface area contributed by atoms with E-state index in [-0.39, 0.29) is 6.03 Å². The Labute approximate surface area is 199 Å². The van der Waals surface area contributed by atoms with Crippen molar-refractivity contribution in [3.8, 4) is 23.4 Å². The van der Waals surface area contributed by atoms with E-state index in [0.29, 0.717) is 41.7 Å². The standard InChI is InChI=1S/C26H27N5O3/c1-19-3-9-23(24(15-19)33-2)34-25-10-8-22(17-28-25)29-26(32)31-13-11-30(12-14-31)18-21-6-4-20(16-27)5-7-21/h3-10,15,17H,11-14,18H2,1-2H3,(H,29,32). The zero-order chi connectivity index (χ0) is 23.9. The number of carbonyl (C=O) groups excluding carboxylic acids is 1. The molecule has 34 heavy (non-hydrogen) atoms. The average Bonchev–Trinajstić information content (AvgIpc) is 2.87. The van der Waals surface area contributed by atoms with Crippen LogP contribution in [-0.2, 0) is 6.54 Å². The normalized spacial score (nSPS) is 13.7. The number of rotatable bonds is 6. The lowest BCUT2D eigenvalue weighted by atomic mass is 10.1. The van der Waals surface area contributed by atoms with E-state index in [1.165, 1.54) is 0 Å².